The lowest BCUT2D eigenvalue weighted by molar-refractivity contribution is -0.132. The van der Waals surface area contributed by atoms with Crippen LogP contribution in [0.1, 0.15) is 25.7 Å². The molecule has 7 nitrogen and oxygen atoms in total. The number of aryl methyl sites for hydroxylation is 1. The van der Waals surface area contributed by atoms with E-state index in [1.165, 1.54) is 4.57 Å². The number of benzene rings is 1. The summed E-state index contributed by atoms with van der Waals surface area (Å²) in [6.45, 7) is 2.86. The molecule has 2 heterocycles. The lowest BCUT2D eigenvalue weighted by Crippen LogP contribution is -2.40. The van der Waals surface area contributed by atoms with Crippen LogP contribution in [0.5, 0.6) is 0 Å². The first-order chi connectivity index (χ1) is 12.6. The maximum Gasteiger partial charge on any atom is 0.328 e. The van der Waals surface area contributed by atoms with Crippen LogP contribution in [0.2, 0.25) is 0 Å². The number of rotatable bonds is 6. The third-order valence-electron chi connectivity index (χ3n) is 5.22. The predicted octanol–water partition coefficient (Wildman–Crippen LogP) is 1.35. The summed E-state index contributed by atoms with van der Waals surface area (Å²) in [6, 6.07) is 6.97. The van der Waals surface area contributed by atoms with Gasteiger partial charge in [-0.15, -0.1) is 12.4 Å². The van der Waals surface area contributed by atoms with Gasteiger partial charge in [-0.05, 0) is 50.9 Å². The van der Waals surface area contributed by atoms with Gasteiger partial charge >= 0.3 is 5.69 Å². The van der Waals surface area contributed by atoms with E-state index in [1.807, 2.05) is 11.9 Å². The number of para-hydroxylation sites is 1. The molecule has 148 valence electrons. The zero-order valence-corrected chi connectivity index (χ0v) is 16.4. The molecule has 8 heteroatoms. The standard InChI is InChI=1S/C19H26N4O3.ClH/c1-20-10-6-14-7-11-22(12-8-14)17(24)9-13-23-16-5-3-2-4-15(16)18(25)21-19(23)26;/h2-5,14,20H,6-13H2,1H3,(H,21,25,26);1H. The summed E-state index contributed by atoms with van der Waals surface area (Å²) < 4.78 is 1.48. The third kappa shape index (κ3) is 4.99. The Morgan fingerprint density at radius 1 is 1.22 bits per heavy atom. The monoisotopic (exact) mass is 394 g/mol. The Hall–Kier alpha value is -2.12. The molecular formula is C19H27ClN4O3. The van der Waals surface area contributed by atoms with Crippen LogP contribution in [0.3, 0.4) is 0 Å². The third-order valence-corrected chi connectivity index (χ3v) is 5.22. The molecule has 1 aliphatic rings. The Balaban J connectivity index is 0.00000261. The van der Waals surface area contributed by atoms with Crippen molar-refractivity contribution in [2.75, 3.05) is 26.7 Å². The van der Waals surface area contributed by atoms with Gasteiger partial charge in [-0.2, -0.15) is 0 Å². The van der Waals surface area contributed by atoms with E-state index in [-0.39, 0.29) is 31.3 Å². The number of likely N-dealkylation sites (tertiary alicyclic amines) is 1. The van der Waals surface area contributed by atoms with E-state index < -0.39 is 11.2 Å². The Kier molecular flexibility index (Phi) is 7.62. The van der Waals surface area contributed by atoms with Crippen molar-refractivity contribution in [3.05, 3.63) is 45.1 Å². The van der Waals surface area contributed by atoms with Crippen molar-refractivity contribution in [2.45, 2.75) is 32.2 Å². The molecule has 0 bridgehead atoms. The number of nitrogens with zero attached hydrogens (tertiary/aromatic N) is 2. The van der Waals surface area contributed by atoms with Crippen molar-refractivity contribution >= 4 is 29.2 Å². The van der Waals surface area contributed by atoms with E-state index >= 15 is 0 Å². The van der Waals surface area contributed by atoms with Gasteiger partial charge in [0.1, 0.15) is 0 Å². The number of amides is 1. The van der Waals surface area contributed by atoms with Gasteiger partial charge < -0.3 is 10.2 Å². The second kappa shape index (κ2) is 9.71. The molecule has 1 saturated heterocycles. The lowest BCUT2D eigenvalue weighted by atomic mass is 9.93. The van der Waals surface area contributed by atoms with Crippen LogP contribution in [0.4, 0.5) is 0 Å². The number of aromatic amines is 1. The van der Waals surface area contributed by atoms with E-state index in [2.05, 4.69) is 10.3 Å². The number of halogens is 1. The Bertz CT molecular complexity index is 884. The quantitative estimate of drug-likeness (QED) is 0.774. The van der Waals surface area contributed by atoms with Gasteiger partial charge in [-0.25, -0.2) is 4.79 Å². The maximum absolute atomic E-state index is 12.5. The van der Waals surface area contributed by atoms with Crippen molar-refractivity contribution in [3.63, 3.8) is 0 Å². The van der Waals surface area contributed by atoms with Gasteiger partial charge in [-0.1, -0.05) is 12.1 Å². The summed E-state index contributed by atoms with van der Waals surface area (Å²) >= 11 is 0. The van der Waals surface area contributed by atoms with Gasteiger partial charge in [-0.3, -0.25) is 19.1 Å². The number of hydrogen-bond acceptors (Lipinski definition) is 4. The number of nitrogens with one attached hydrogen (secondary N) is 2. The Morgan fingerprint density at radius 3 is 2.63 bits per heavy atom. The molecular weight excluding hydrogens is 368 g/mol. The molecule has 0 unspecified atom stereocenters. The number of fused-ring (bicyclic) bond motifs is 1. The molecule has 1 aliphatic heterocycles. The average Bonchev–Trinajstić information content (AvgIpc) is 2.66. The zero-order valence-electron chi connectivity index (χ0n) is 15.6. The Labute approximate surface area is 164 Å². The van der Waals surface area contributed by atoms with E-state index in [4.69, 9.17) is 0 Å². The SMILES string of the molecule is CNCCC1CCN(C(=O)CCn2c(=O)[nH]c(=O)c3ccccc32)CC1.Cl. The zero-order chi connectivity index (χ0) is 18.5. The molecule has 2 aromatic rings. The minimum atomic E-state index is -0.465. The summed E-state index contributed by atoms with van der Waals surface area (Å²) in [5, 5.41) is 3.64. The molecule has 0 atom stereocenters. The average molecular weight is 395 g/mol. The van der Waals surface area contributed by atoms with Crippen LogP contribution in [0.25, 0.3) is 10.9 Å². The van der Waals surface area contributed by atoms with Gasteiger partial charge in [0.05, 0.1) is 10.9 Å². The fraction of sp³-hybridized carbons (Fsp3) is 0.526. The van der Waals surface area contributed by atoms with Crippen molar-refractivity contribution in [3.8, 4) is 0 Å². The summed E-state index contributed by atoms with van der Waals surface area (Å²) in [7, 11) is 1.96. The highest BCUT2D eigenvalue weighted by atomic mass is 35.5. The van der Waals surface area contributed by atoms with Crippen LogP contribution in [0, 0.1) is 5.92 Å². The van der Waals surface area contributed by atoms with Gasteiger partial charge in [0, 0.05) is 26.1 Å². The van der Waals surface area contributed by atoms with Gasteiger partial charge in [0.15, 0.2) is 0 Å². The number of H-pyrrole nitrogens is 1. The molecule has 2 N–H and O–H groups in total. The topological polar surface area (TPSA) is 87.2 Å². The first kappa shape index (κ1) is 21.2. The summed E-state index contributed by atoms with van der Waals surface area (Å²) in [6.07, 6.45) is 3.48. The van der Waals surface area contributed by atoms with Crippen molar-refractivity contribution < 1.29 is 4.79 Å². The van der Waals surface area contributed by atoms with E-state index in [0.29, 0.717) is 16.8 Å². The minimum Gasteiger partial charge on any atom is -0.343 e. The fourth-order valence-electron chi connectivity index (χ4n) is 3.65. The van der Waals surface area contributed by atoms with Crippen LogP contribution in [0.15, 0.2) is 33.9 Å². The molecule has 1 amide bonds. The minimum absolute atomic E-state index is 0. The van der Waals surface area contributed by atoms with Gasteiger partial charge in [0.25, 0.3) is 5.56 Å². The highest BCUT2D eigenvalue weighted by molar-refractivity contribution is 5.85. The molecule has 3 rings (SSSR count). The maximum atomic E-state index is 12.5. The number of carbonyl (C=O) groups is 1. The second-order valence-corrected chi connectivity index (χ2v) is 6.89. The number of aromatic nitrogens is 2. The Morgan fingerprint density at radius 2 is 1.93 bits per heavy atom. The molecule has 27 heavy (non-hydrogen) atoms. The molecule has 1 aromatic carbocycles. The second-order valence-electron chi connectivity index (χ2n) is 6.89. The van der Waals surface area contributed by atoms with Crippen molar-refractivity contribution in [1.29, 1.82) is 0 Å². The van der Waals surface area contributed by atoms with Crippen molar-refractivity contribution in [2.24, 2.45) is 5.92 Å². The normalized spacial score (nSPS) is 14.9. The smallest absolute Gasteiger partial charge is 0.328 e. The van der Waals surface area contributed by atoms with E-state index in [9.17, 15) is 14.4 Å². The van der Waals surface area contributed by atoms with E-state index in [1.54, 1.807) is 24.3 Å². The van der Waals surface area contributed by atoms with Crippen LogP contribution in [-0.2, 0) is 11.3 Å². The summed E-state index contributed by atoms with van der Waals surface area (Å²) in [5.41, 5.74) is -0.288. The molecule has 0 saturated carbocycles. The first-order valence-electron chi connectivity index (χ1n) is 9.24. The van der Waals surface area contributed by atoms with Crippen LogP contribution < -0.4 is 16.6 Å². The summed E-state index contributed by atoms with van der Waals surface area (Å²) in [4.78, 5) is 40.8. The first-order valence-corrected chi connectivity index (χ1v) is 9.24. The molecule has 0 radical (unpaired) electrons. The molecule has 0 spiro atoms. The van der Waals surface area contributed by atoms with E-state index in [0.717, 1.165) is 38.9 Å². The molecule has 0 aliphatic carbocycles. The highest BCUT2D eigenvalue weighted by Gasteiger charge is 2.22. The molecule has 1 fully saturated rings. The predicted molar refractivity (Wildman–Crippen MR) is 109 cm³/mol. The number of carbonyl (C=O) groups excluding carboxylic acids is 1. The highest BCUT2D eigenvalue weighted by Crippen LogP contribution is 2.20. The fourth-order valence-corrected chi connectivity index (χ4v) is 3.65. The lowest BCUT2D eigenvalue weighted by Gasteiger charge is -2.32. The largest absolute Gasteiger partial charge is 0.343 e. The summed E-state index contributed by atoms with van der Waals surface area (Å²) in [5.74, 6) is 0.747. The van der Waals surface area contributed by atoms with Crippen LogP contribution >= 0.6 is 12.4 Å². The number of piperidine rings is 1. The van der Waals surface area contributed by atoms with Crippen LogP contribution in [-0.4, -0.2) is 47.0 Å². The molecule has 1 aromatic heterocycles. The number of hydrogen-bond donors (Lipinski definition) is 2. The van der Waals surface area contributed by atoms with Gasteiger partial charge in [0.2, 0.25) is 5.91 Å². The van der Waals surface area contributed by atoms with Crippen molar-refractivity contribution in [1.82, 2.24) is 19.8 Å².